The molecule has 60 heavy (non-hydrogen) atoms. The Bertz CT molecular complexity index is 3460. The molecule has 3 nitrogen and oxygen atoms in total. The Kier molecular flexibility index (Phi) is 8.03. The number of thiophene rings is 1. The van der Waals surface area contributed by atoms with Gasteiger partial charge in [0.2, 0.25) is 0 Å². The lowest BCUT2D eigenvalue weighted by atomic mass is 9.94. The van der Waals surface area contributed by atoms with Crippen LogP contribution in [-0.4, -0.2) is 0 Å². The van der Waals surface area contributed by atoms with Gasteiger partial charge >= 0.3 is 0 Å². The molecule has 0 aliphatic carbocycles. The third kappa shape index (κ3) is 5.65. The number of nitrogens with zero attached hydrogens (tertiary/aromatic N) is 2. The van der Waals surface area contributed by atoms with E-state index in [0.29, 0.717) is 0 Å². The molecule has 4 heteroatoms. The Labute approximate surface area is 351 Å². The van der Waals surface area contributed by atoms with Crippen LogP contribution < -0.4 is 9.80 Å². The molecule has 0 spiro atoms. The first-order valence-electron chi connectivity index (χ1n) is 20.3. The van der Waals surface area contributed by atoms with Crippen LogP contribution in [0.25, 0.3) is 74.8 Å². The molecule has 0 bridgehead atoms. The van der Waals surface area contributed by atoms with Crippen molar-refractivity contribution in [3.05, 3.63) is 218 Å². The second kappa shape index (κ2) is 14.0. The molecule has 2 heterocycles. The molecule has 0 aliphatic heterocycles. The van der Waals surface area contributed by atoms with E-state index in [1.807, 2.05) is 11.3 Å². The van der Waals surface area contributed by atoms with Gasteiger partial charge in [-0.3, -0.25) is 0 Å². The molecule has 2 aromatic heterocycles. The fourth-order valence-corrected chi connectivity index (χ4v) is 10.3. The van der Waals surface area contributed by atoms with E-state index in [4.69, 9.17) is 4.42 Å². The summed E-state index contributed by atoms with van der Waals surface area (Å²) in [7, 11) is 0. The number of fused-ring (bicyclic) bond motifs is 11. The molecule has 0 aliphatic rings. The number of furan rings is 1. The van der Waals surface area contributed by atoms with Crippen molar-refractivity contribution in [3.63, 3.8) is 0 Å². The zero-order valence-electron chi connectivity index (χ0n) is 32.5. The van der Waals surface area contributed by atoms with E-state index < -0.39 is 0 Å². The minimum Gasteiger partial charge on any atom is -0.456 e. The number of hydrogen-bond acceptors (Lipinski definition) is 4. The van der Waals surface area contributed by atoms with Gasteiger partial charge in [0.25, 0.3) is 0 Å². The molecule has 282 valence electrons. The van der Waals surface area contributed by atoms with Crippen molar-refractivity contribution in [1.82, 2.24) is 0 Å². The van der Waals surface area contributed by atoms with Gasteiger partial charge in [0, 0.05) is 76.5 Å². The standard InChI is InChI=1S/C56H36N2OS/c1-5-15-39(16-6-1)57(40-17-7-2-8-18-40)43-27-31-47-46-29-25-38(34-52(46)59-53(47)35-43)37-26-30-49-51(33-37)45-23-13-14-24-48(45)55-50-32-28-44(36-54(50)60-56(49)55)58(41-19-9-3-10-20-41)42-21-11-4-12-22-42/h1-36H. The van der Waals surface area contributed by atoms with Gasteiger partial charge in [-0.05, 0) is 118 Å². The number of benzene rings is 10. The molecule has 0 unspecified atom stereocenters. The van der Waals surface area contributed by atoms with Crippen molar-refractivity contribution < 1.29 is 4.42 Å². The van der Waals surface area contributed by atoms with Gasteiger partial charge in [0.05, 0.1) is 0 Å². The molecule has 0 amide bonds. The summed E-state index contributed by atoms with van der Waals surface area (Å²) in [5.74, 6) is 0. The zero-order chi connectivity index (χ0) is 39.6. The number of rotatable bonds is 7. The SMILES string of the molecule is c1ccc(N(c2ccccc2)c2ccc3c(c2)oc2cc(-c4ccc5c(c4)c4ccccc4c4c6ccc(N(c7ccccc7)c7ccccc7)cc6sc54)ccc23)cc1. The van der Waals surface area contributed by atoms with E-state index in [1.54, 1.807) is 0 Å². The van der Waals surface area contributed by atoms with Gasteiger partial charge in [-0.2, -0.15) is 0 Å². The third-order valence-electron chi connectivity index (χ3n) is 11.8. The van der Waals surface area contributed by atoms with E-state index in [1.165, 1.54) is 47.3 Å². The third-order valence-corrected chi connectivity index (χ3v) is 13.0. The number of para-hydroxylation sites is 4. The Hall–Kier alpha value is -7.66. The summed E-state index contributed by atoms with van der Waals surface area (Å²) in [5, 5.41) is 9.91. The van der Waals surface area contributed by atoms with Crippen molar-refractivity contribution in [2.75, 3.05) is 9.80 Å². The second-order valence-corrected chi connectivity index (χ2v) is 16.4. The van der Waals surface area contributed by atoms with Crippen LogP contribution >= 0.6 is 11.3 Å². The van der Waals surface area contributed by atoms with Gasteiger partial charge in [-0.1, -0.05) is 121 Å². The normalized spacial score (nSPS) is 11.7. The molecule has 10 aromatic carbocycles. The minimum atomic E-state index is 0.868. The van der Waals surface area contributed by atoms with Crippen molar-refractivity contribution in [1.29, 1.82) is 0 Å². The van der Waals surface area contributed by atoms with Gasteiger partial charge < -0.3 is 14.2 Å². The van der Waals surface area contributed by atoms with Crippen LogP contribution in [0.3, 0.4) is 0 Å². The Morgan fingerprint density at radius 2 is 0.750 bits per heavy atom. The predicted octanol–water partition coefficient (Wildman–Crippen LogP) is 16.9. The molecule has 0 fully saturated rings. The summed E-state index contributed by atoms with van der Waals surface area (Å²) in [6, 6.07) is 78.3. The Morgan fingerprint density at radius 3 is 1.33 bits per heavy atom. The first kappa shape index (κ1) is 34.4. The van der Waals surface area contributed by atoms with Crippen molar-refractivity contribution >= 4 is 109 Å². The van der Waals surface area contributed by atoms with Crippen molar-refractivity contribution in [2.45, 2.75) is 0 Å². The van der Waals surface area contributed by atoms with Crippen molar-refractivity contribution in [3.8, 4) is 11.1 Å². The number of hydrogen-bond donors (Lipinski definition) is 0. The quantitative estimate of drug-likeness (QED) is 0.150. The summed E-state index contributed by atoms with van der Waals surface area (Å²) in [6.45, 7) is 0. The highest BCUT2D eigenvalue weighted by molar-refractivity contribution is 7.27. The van der Waals surface area contributed by atoms with Gasteiger partial charge in [0.15, 0.2) is 0 Å². The lowest BCUT2D eigenvalue weighted by Gasteiger charge is -2.25. The van der Waals surface area contributed by atoms with Gasteiger partial charge in [-0.15, -0.1) is 11.3 Å². The first-order valence-corrected chi connectivity index (χ1v) is 21.1. The molecule has 12 rings (SSSR count). The lowest BCUT2D eigenvalue weighted by molar-refractivity contribution is 0.669. The predicted molar refractivity (Wildman–Crippen MR) is 256 cm³/mol. The molecule has 0 N–H and O–H groups in total. The van der Waals surface area contributed by atoms with E-state index in [0.717, 1.165) is 61.6 Å². The number of anilines is 6. The first-order chi connectivity index (χ1) is 29.7. The summed E-state index contributed by atoms with van der Waals surface area (Å²) in [5.41, 5.74) is 10.7. The van der Waals surface area contributed by atoms with Crippen LogP contribution in [0.2, 0.25) is 0 Å². The average molecular weight is 785 g/mol. The van der Waals surface area contributed by atoms with Crippen LogP contribution in [0.15, 0.2) is 223 Å². The lowest BCUT2D eigenvalue weighted by Crippen LogP contribution is -2.09. The monoisotopic (exact) mass is 784 g/mol. The fourth-order valence-electron chi connectivity index (χ4n) is 9.05. The van der Waals surface area contributed by atoms with Gasteiger partial charge in [-0.25, -0.2) is 0 Å². The molecule has 0 radical (unpaired) electrons. The summed E-state index contributed by atoms with van der Waals surface area (Å²) in [6.07, 6.45) is 0. The fraction of sp³-hybridized carbons (Fsp3) is 0. The van der Waals surface area contributed by atoms with Gasteiger partial charge in [0.1, 0.15) is 11.2 Å². The second-order valence-electron chi connectivity index (χ2n) is 15.3. The molecular weight excluding hydrogens is 749 g/mol. The van der Waals surface area contributed by atoms with E-state index in [9.17, 15) is 0 Å². The minimum absolute atomic E-state index is 0.868. The van der Waals surface area contributed by atoms with E-state index >= 15 is 0 Å². The largest absolute Gasteiger partial charge is 0.456 e. The Balaban J connectivity index is 0.969. The van der Waals surface area contributed by atoms with Crippen LogP contribution in [0.1, 0.15) is 0 Å². The summed E-state index contributed by atoms with van der Waals surface area (Å²) < 4.78 is 9.27. The maximum Gasteiger partial charge on any atom is 0.137 e. The van der Waals surface area contributed by atoms with Crippen LogP contribution in [0.5, 0.6) is 0 Å². The highest BCUT2D eigenvalue weighted by Gasteiger charge is 2.19. The van der Waals surface area contributed by atoms with Crippen LogP contribution in [0, 0.1) is 0 Å². The summed E-state index contributed by atoms with van der Waals surface area (Å²) >= 11 is 1.89. The van der Waals surface area contributed by atoms with Crippen LogP contribution in [-0.2, 0) is 0 Å². The maximum atomic E-state index is 6.68. The molecule has 12 aromatic rings. The highest BCUT2D eigenvalue weighted by Crippen LogP contribution is 2.47. The Morgan fingerprint density at radius 1 is 0.300 bits per heavy atom. The molecule has 0 saturated heterocycles. The van der Waals surface area contributed by atoms with Crippen LogP contribution in [0.4, 0.5) is 34.1 Å². The van der Waals surface area contributed by atoms with E-state index in [2.05, 4.69) is 228 Å². The topological polar surface area (TPSA) is 19.6 Å². The molecule has 0 atom stereocenters. The average Bonchev–Trinajstić information content (AvgIpc) is 3.89. The zero-order valence-corrected chi connectivity index (χ0v) is 33.3. The molecular formula is C56H36N2OS. The van der Waals surface area contributed by atoms with E-state index in [-0.39, 0.29) is 0 Å². The molecule has 0 saturated carbocycles. The highest BCUT2D eigenvalue weighted by atomic mass is 32.1. The smallest absolute Gasteiger partial charge is 0.137 e. The maximum absolute atomic E-state index is 6.68. The van der Waals surface area contributed by atoms with Crippen molar-refractivity contribution in [2.24, 2.45) is 0 Å². The summed E-state index contributed by atoms with van der Waals surface area (Å²) in [4.78, 5) is 4.61.